The number of carbonyl (C=O) groups is 1. The molecule has 0 spiro atoms. The number of halogens is 1. The van der Waals surface area contributed by atoms with Crippen molar-refractivity contribution in [2.45, 2.75) is 12.3 Å². The van der Waals surface area contributed by atoms with E-state index in [9.17, 15) is 4.79 Å². The molecule has 2 heterocycles. The van der Waals surface area contributed by atoms with Crippen LogP contribution in [0.5, 0.6) is 11.5 Å². The Labute approximate surface area is 239 Å². The van der Waals surface area contributed by atoms with Crippen LogP contribution in [0.4, 0.5) is 5.13 Å². The second-order valence-corrected chi connectivity index (χ2v) is 10.2. The first kappa shape index (κ1) is 28.8. The minimum absolute atomic E-state index is 0. The van der Waals surface area contributed by atoms with E-state index in [1.165, 1.54) is 11.3 Å². The summed E-state index contributed by atoms with van der Waals surface area (Å²) in [7, 11) is 3.28. The zero-order valence-corrected chi connectivity index (χ0v) is 23.9. The molecule has 206 valence electrons. The van der Waals surface area contributed by atoms with Crippen molar-refractivity contribution in [1.29, 1.82) is 0 Å². The average molecular weight is 568 g/mol. The number of nitrogens with zero attached hydrogens (tertiary/aromatic N) is 3. The molecule has 3 aromatic carbocycles. The lowest BCUT2D eigenvalue weighted by Crippen LogP contribution is -2.40. The summed E-state index contributed by atoms with van der Waals surface area (Å²) in [6.45, 7) is 4.79. The molecule has 1 aliphatic heterocycles. The molecule has 7 nitrogen and oxygen atoms in total. The lowest BCUT2D eigenvalue weighted by molar-refractivity contribution is -0.119. The number of ether oxygens (including phenoxy) is 3. The molecule has 9 heteroatoms. The Balaban J connectivity index is 0.00000353. The van der Waals surface area contributed by atoms with Crippen LogP contribution in [-0.2, 0) is 9.53 Å². The highest BCUT2D eigenvalue weighted by molar-refractivity contribution is 7.22. The fraction of sp³-hybridized carbons (Fsp3) is 0.333. The van der Waals surface area contributed by atoms with Gasteiger partial charge in [0.05, 0.1) is 33.4 Å². The molecule has 1 aromatic heterocycles. The number of amides is 1. The van der Waals surface area contributed by atoms with Crippen molar-refractivity contribution in [3.8, 4) is 11.5 Å². The van der Waals surface area contributed by atoms with Crippen molar-refractivity contribution in [2.75, 3.05) is 58.5 Å². The maximum Gasteiger partial charge on any atom is 0.240 e. The SMILES string of the molecule is COc1ccc(OC)c2sc(N(CCCN3CCOCC3)C(=O)C(c3ccccc3)c3ccccc3)nc12.Cl. The largest absolute Gasteiger partial charge is 0.495 e. The molecule has 1 aliphatic rings. The number of fused-ring (bicyclic) bond motifs is 1. The molecule has 5 rings (SSSR count). The van der Waals surface area contributed by atoms with Gasteiger partial charge in [-0.15, -0.1) is 12.4 Å². The summed E-state index contributed by atoms with van der Waals surface area (Å²) in [4.78, 5) is 23.7. The predicted octanol–water partition coefficient (Wildman–Crippen LogP) is 5.62. The van der Waals surface area contributed by atoms with Gasteiger partial charge < -0.3 is 14.2 Å². The van der Waals surface area contributed by atoms with E-state index < -0.39 is 5.92 Å². The Hall–Kier alpha value is -3.17. The molecule has 0 N–H and O–H groups in total. The van der Waals surface area contributed by atoms with Crippen molar-refractivity contribution in [3.63, 3.8) is 0 Å². The van der Waals surface area contributed by atoms with Gasteiger partial charge in [-0.1, -0.05) is 72.0 Å². The molecule has 0 radical (unpaired) electrons. The average Bonchev–Trinajstić information content (AvgIpc) is 3.42. The van der Waals surface area contributed by atoms with Crippen LogP contribution in [0.1, 0.15) is 23.5 Å². The van der Waals surface area contributed by atoms with Crippen LogP contribution in [0, 0.1) is 0 Å². The van der Waals surface area contributed by atoms with Gasteiger partial charge >= 0.3 is 0 Å². The minimum Gasteiger partial charge on any atom is -0.495 e. The van der Waals surface area contributed by atoms with Crippen molar-refractivity contribution in [3.05, 3.63) is 83.9 Å². The molecule has 4 aromatic rings. The van der Waals surface area contributed by atoms with Gasteiger partial charge in [-0.2, -0.15) is 0 Å². The highest BCUT2D eigenvalue weighted by Crippen LogP contribution is 2.41. The number of methoxy groups -OCH3 is 2. The molecule has 0 unspecified atom stereocenters. The number of thiazole rings is 1. The number of anilines is 1. The van der Waals surface area contributed by atoms with Crippen molar-refractivity contribution in [2.24, 2.45) is 0 Å². The Morgan fingerprint density at radius 2 is 1.54 bits per heavy atom. The topological polar surface area (TPSA) is 64.1 Å². The molecule has 0 atom stereocenters. The summed E-state index contributed by atoms with van der Waals surface area (Å²) in [6, 6.07) is 23.7. The highest BCUT2D eigenvalue weighted by atomic mass is 35.5. The highest BCUT2D eigenvalue weighted by Gasteiger charge is 2.31. The monoisotopic (exact) mass is 567 g/mol. The summed E-state index contributed by atoms with van der Waals surface area (Å²) in [5, 5.41) is 0.645. The number of carbonyl (C=O) groups excluding carboxylic acids is 1. The summed E-state index contributed by atoms with van der Waals surface area (Å²) < 4.78 is 17.6. The van der Waals surface area contributed by atoms with Gasteiger partial charge in [-0.05, 0) is 29.7 Å². The number of benzene rings is 3. The lowest BCUT2D eigenvalue weighted by Gasteiger charge is -2.29. The van der Waals surface area contributed by atoms with E-state index in [4.69, 9.17) is 19.2 Å². The zero-order chi connectivity index (χ0) is 26.3. The van der Waals surface area contributed by atoms with E-state index in [2.05, 4.69) is 4.90 Å². The van der Waals surface area contributed by atoms with Crippen molar-refractivity contribution in [1.82, 2.24) is 9.88 Å². The van der Waals surface area contributed by atoms with Crippen LogP contribution in [0.3, 0.4) is 0 Å². The van der Waals surface area contributed by atoms with E-state index >= 15 is 0 Å². The predicted molar refractivity (Wildman–Crippen MR) is 159 cm³/mol. The molecule has 39 heavy (non-hydrogen) atoms. The summed E-state index contributed by atoms with van der Waals surface area (Å²) >= 11 is 1.46. The lowest BCUT2D eigenvalue weighted by atomic mass is 9.90. The molecular formula is C30H34ClN3O4S. The van der Waals surface area contributed by atoms with Crippen LogP contribution in [-0.4, -0.2) is 69.4 Å². The Kier molecular flexibility index (Phi) is 10.2. The van der Waals surface area contributed by atoms with E-state index in [1.54, 1.807) is 14.2 Å². The number of rotatable bonds is 10. The number of aromatic nitrogens is 1. The van der Waals surface area contributed by atoms with Crippen LogP contribution in [0.25, 0.3) is 10.2 Å². The Morgan fingerprint density at radius 3 is 2.13 bits per heavy atom. The number of morpholine rings is 1. The molecule has 0 aliphatic carbocycles. The van der Waals surface area contributed by atoms with E-state index in [0.717, 1.165) is 55.1 Å². The standard InChI is InChI=1S/C30H33N3O4S.ClH/c1-35-24-14-15-25(36-2)28-27(24)31-30(38-28)33(17-9-16-32-18-20-37-21-19-32)29(34)26(22-10-5-3-6-11-22)23-12-7-4-8-13-23;/h3-8,10-15,26H,9,16-21H2,1-2H3;1H. The molecule has 0 bridgehead atoms. The third kappa shape index (κ3) is 6.53. The van der Waals surface area contributed by atoms with Gasteiger partial charge in [-0.3, -0.25) is 14.6 Å². The normalized spacial score (nSPS) is 13.7. The molecule has 1 amide bonds. The third-order valence-corrected chi connectivity index (χ3v) is 7.96. The maximum absolute atomic E-state index is 14.5. The smallest absolute Gasteiger partial charge is 0.240 e. The third-order valence-electron chi connectivity index (χ3n) is 6.87. The maximum atomic E-state index is 14.5. The van der Waals surface area contributed by atoms with Crippen LogP contribution < -0.4 is 14.4 Å². The van der Waals surface area contributed by atoms with E-state index in [-0.39, 0.29) is 18.3 Å². The Morgan fingerprint density at radius 1 is 0.949 bits per heavy atom. The first-order valence-corrected chi connectivity index (χ1v) is 13.7. The van der Waals surface area contributed by atoms with Crippen LogP contribution in [0.15, 0.2) is 72.8 Å². The fourth-order valence-electron chi connectivity index (χ4n) is 4.89. The van der Waals surface area contributed by atoms with E-state index in [1.807, 2.05) is 77.7 Å². The van der Waals surface area contributed by atoms with Crippen LogP contribution in [0.2, 0.25) is 0 Å². The van der Waals surface area contributed by atoms with Gasteiger partial charge in [0.25, 0.3) is 0 Å². The molecule has 1 saturated heterocycles. The quantitative estimate of drug-likeness (QED) is 0.248. The summed E-state index contributed by atoms with van der Waals surface area (Å²) in [5.41, 5.74) is 2.62. The van der Waals surface area contributed by atoms with Gasteiger partial charge in [0.1, 0.15) is 21.7 Å². The second-order valence-electron chi connectivity index (χ2n) is 9.20. The minimum atomic E-state index is -0.448. The van der Waals surface area contributed by atoms with Crippen LogP contribution >= 0.6 is 23.7 Å². The Bertz CT molecular complexity index is 1270. The van der Waals surface area contributed by atoms with Gasteiger partial charge in [0.15, 0.2) is 5.13 Å². The van der Waals surface area contributed by atoms with Gasteiger partial charge in [0.2, 0.25) is 5.91 Å². The summed E-state index contributed by atoms with van der Waals surface area (Å²) in [5.74, 6) is 0.928. The zero-order valence-electron chi connectivity index (χ0n) is 22.2. The fourth-order valence-corrected chi connectivity index (χ4v) is 6.00. The second kappa shape index (κ2) is 13.8. The first-order valence-electron chi connectivity index (χ1n) is 12.9. The molecular weight excluding hydrogens is 534 g/mol. The van der Waals surface area contributed by atoms with E-state index in [0.29, 0.717) is 28.7 Å². The first-order chi connectivity index (χ1) is 18.7. The molecule has 0 saturated carbocycles. The number of hydrogen-bond acceptors (Lipinski definition) is 7. The summed E-state index contributed by atoms with van der Waals surface area (Å²) in [6.07, 6.45) is 0.826. The van der Waals surface area contributed by atoms with Gasteiger partial charge in [0, 0.05) is 26.2 Å². The van der Waals surface area contributed by atoms with Gasteiger partial charge in [-0.25, -0.2) is 4.98 Å². The van der Waals surface area contributed by atoms with Crippen molar-refractivity contribution >= 4 is 45.0 Å². The molecule has 1 fully saturated rings. The number of hydrogen-bond donors (Lipinski definition) is 0. The van der Waals surface area contributed by atoms with Crippen molar-refractivity contribution < 1.29 is 19.0 Å².